The molecule has 0 aliphatic carbocycles. The lowest BCUT2D eigenvalue weighted by Gasteiger charge is -2.30. The Hall–Kier alpha value is -3.41. The smallest absolute Gasteiger partial charge is 0.329 e. The first kappa shape index (κ1) is 26.6. The minimum absolute atomic E-state index is 0.0252. The monoisotopic (exact) mass is 585 g/mol. The second-order valence-electron chi connectivity index (χ2n) is 8.32. The highest BCUT2D eigenvalue weighted by atomic mass is 79.9. The molecule has 6 nitrogen and oxygen atoms in total. The molecule has 1 aliphatic heterocycles. The molecule has 0 atom stereocenters. The molecule has 0 fully saturated rings. The molecule has 2 aromatic carbocycles. The summed E-state index contributed by atoms with van der Waals surface area (Å²) < 4.78 is 83.5. The summed E-state index contributed by atoms with van der Waals surface area (Å²) in [4.78, 5) is 19.9. The van der Waals surface area contributed by atoms with E-state index in [0.29, 0.717) is 6.92 Å². The van der Waals surface area contributed by atoms with E-state index in [9.17, 15) is 26.7 Å². The highest BCUT2D eigenvalue weighted by Crippen LogP contribution is 2.41. The number of rotatable bonds is 6. The minimum atomic E-state index is -3.40. The van der Waals surface area contributed by atoms with Gasteiger partial charge in [0.2, 0.25) is 11.8 Å². The molecule has 3 aromatic rings. The van der Waals surface area contributed by atoms with Crippen LogP contribution in [0.3, 0.4) is 0 Å². The molecule has 0 saturated carbocycles. The van der Waals surface area contributed by atoms with E-state index in [4.69, 9.17) is 9.47 Å². The van der Waals surface area contributed by atoms with Crippen LogP contribution in [0.5, 0.6) is 11.8 Å². The van der Waals surface area contributed by atoms with E-state index < -0.39 is 53.0 Å². The number of carbonyl (C=O) groups excluding carboxylic acids is 1. The number of halogens is 6. The van der Waals surface area contributed by atoms with Gasteiger partial charge in [0.05, 0.1) is 32.0 Å². The van der Waals surface area contributed by atoms with E-state index in [1.165, 1.54) is 25.3 Å². The van der Waals surface area contributed by atoms with Gasteiger partial charge >= 0.3 is 6.03 Å². The van der Waals surface area contributed by atoms with Gasteiger partial charge in [-0.05, 0) is 36.8 Å². The van der Waals surface area contributed by atoms with Gasteiger partial charge in [0, 0.05) is 29.1 Å². The molecule has 0 saturated heterocycles. The van der Waals surface area contributed by atoms with Crippen molar-refractivity contribution in [3.63, 3.8) is 0 Å². The Morgan fingerprint density at radius 1 is 1.00 bits per heavy atom. The maximum Gasteiger partial charge on any atom is 0.329 e. The number of urea groups is 1. The van der Waals surface area contributed by atoms with E-state index in [-0.39, 0.29) is 40.3 Å². The lowest BCUT2D eigenvalue weighted by Crippen LogP contribution is -2.43. The molecular formula is C25H21BrF5N3O3. The molecule has 196 valence electrons. The van der Waals surface area contributed by atoms with Gasteiger partial charge in [0.15, 0.2) is 0 Å². The molecule has 2 heterocycles. The Balaban J connectivity index is 1.89. The summed E-state index contributed by atoms with van der Waals surface area (Å²) in [5, 5.41) is 0. The molecule has 1 aromatic heterocycles. The maximum absolute atomic E-state index is 14.8. The SMILES string of the molecule is COc1nc(OC)c(C(C)(F)F)cc1N1CCc2c(F)cccc2N(Cc2c(F)cc(Br)cc2F)C1=O. The van der Waals surface area contributed by atoms with Crippen LogP contribution in [-0.4, -0.2) is 31.8 Å². The van der Waals surface area contributed by atoms with Gasteiger partial charge in [-0.1, -0.05) is 22.0 Å². The zero-order valence-electron chi connectivity index (χ0n) is 19.9. The van der Waals surface area contributed by atoms with Gasteiger partial charge in [-0.15, -0.1) is 0 Å². The van der Waals surface area contributed by atoms with Crippen molar-refractivity contribution in [2.75, 3.05) is 30.6 Å². The first-order chi connectivity index (χ1) is 17.5. The molecule has 0 N–H and O–H groups in total. The molecule has 12 heteroatoms. The molecule has 2 amide bonds. The Kier molecular flexibility index (Phi) is 7.31. The zero-order valence-corrected chi connectivity index (χ0v) is 21.5. The standard InChI is InChI=1S/C25H21BrF5N3O3/c1-25(30,31)16-11-21(23(37-3)32-22(16)36-2)33-8-7-14-17(27)5-4-6-20(14)34(24(33)35)12-15-18(28)9-13(26)10-19(15)29/h4-6,9-11H,7-8,12H2,1-3H3. The van der Waals surface area contributed by atoms with Gasteiger partial charge in [0.25, 0.3) is 5.92 Å². The number of ether oxygens (including phenoxy) is 2. The lowest BCUT2D eigenvalue weighted by atomic mass is 10.1. The van der Waals surface area contributed by atoms with Crippen LogP contribution in [0.1, 0.15) is 23.6 Å². The van der Waals surface area contributed by atoms with Crippen LogP contribution in [0.2, 0.25) is 0 Å². The first-order valence-corrected chi connectivity index (χ1v) is 11.8. The summed E-state index contributed by atoms with van der Waals surface area (Å²) in [6.45, 7) is -0.114. The molecular weight excluding hydrogens is 565 g/mol. The topological polar surface area (TPSA) is 54.9 Å². The van der Waals surface area contributed by atoms with Crippen molar-refractivity contribution in [2.45, 2.75) is 25.8 Å². The average molecular weight is 586 g/mol. The predicted octanol–water partition coefficient (Wildman–Crippen LogP) is 6.58. The molecule has 0 radical (unpaired) electrons. The summed E-state index contributed by atoms with van der Waals surface area (Å²) in [6, 6.07) is 6.25. The van der Waals surface area contributed by atoms with Crippen LogP contribution in [0.4, 0.5) is 38.1 Å². The Bertz CT molecular complexity index is 1340. The van der Waals surface area contributed by atoms with Crippen LogP contribution in [0.25, 0.3) is 0 Å². The van der Waals surface area contributed by atoms with Crippen LogP contribution in [-0.2, 0) is 18.9 Å². The highest BCUT2D eigenvalue weighted by molar-refractivity contribution is 9.10. The zero-order chi connectivity index (χ0) is 27.1. The van der Waals surface area contributed by atoms with Crippen molar-refractivity contribution >= 4 is 33.3 Å². The van der Waals surface area contributed by atoms with Crippen molar-refractivity contribution in [3.8, 4) is 11.8 Å². The number of pyridine rings is 1. The number of hydrogen-bond donors (Lipinski definition) is 0. The third-order valence-electron chi connectivity index (χ3n) is 5.94. The quantitative estimate of drug-likeness (QED) is 0.307. The molecule has 0 unspecified atom stereocenters. The molecule has 37 heavy (non-hydrogen) atoms. The summed E-state index contributed by atoms with van der Waals surface area (Å²) in [5.41, 5.74) is -0.967. The minimum Gasteiger partial charge on any atom is -0.481 e. The van der Waals surface area contributed by atoms with Crippen molar-refractivity contribution in [1.29, 1.82) is 0 Å². The fourth-order valence-corrected chi connectivity index (χ4v) is 4.56. The fraction of sp³-hybridized carbons (Fsp3) is 0.280. The summed E-state index contributed by atoms with van der Waals surface area (Å²) >= 11 is 3.01. The highest BCUT2D eigenvalue weighted by Gasteiger charge is 2.37. The van der Waals surface area contributed by atoms with Crippen LogP contribution < -0.4 is 19.3 Å². The van der Waals surface area contributed by atoms with Crippen molar-refractivity contribution in [1.82, 2.24) is 4.98 Å². The van der Waals surface area contributed by atoms with Gasteiger partial charge < -0.3 is 9.47 Å². The lowest BCUT2D eigenvalue weighted by molar-refractivity contribution is 0.0144. The summed E-state index contributed by atoms with van der Waals surface area (Å²) in [5.74, 6) is -6.48. The fourth-order valence-electron chi connectivity index (χ4n) is 4.16. The number of hydrogen-bond acceptors (Lipinski definition) is 4. The van der Waals surface area contributed by atoms with Gasteiger partial charge in [-0.3, -0.25) is 9.80 Å². The number of benzene rings is 2. The van der Waals surface area contributed by atoms with Gasteiger partial charge in [-0.2, -0.15) is 4.98 Å². The van der Waals surface area contributed by atoms with Gasteiger partial charge in [-0.25, -0.2) is 26.7 Å². The summed E-state index contributed by atoms with van der Waals surface area (Å²) in [6.07, 6.45) is -0.0252. The second kappa shape index (κ2) is 10.2. The number of fused-ring (bicyclic) bond motifs is 1. The summed E-state index contributed by atoms with van der Waals surface area (Å²) in [7, 11) is 2.40. The maximum atomic E-state index is 14.8. The molecule has 1 aliphatic rings. The van der Waals surface area contributed by atoms with Crippen LogP contribution >= 0.6 is 15.9 Å². The largest absolute Gasteiger partial charge is 0.481 e. The number of alkyl halides is 2. The normalized spacial score (nSPS) is 13.9. The third-order valence-corrected chi connectivity index (χ3v) is 6.40. The Morgan fingerprint density at radius 3 is 2.24 bits per heavy atom. The Labute approximate surface area is 217 Å². The average Bonchev–Trinajstić information content (AvgIpc) is 2.96. The van der Waals surface area contributed by atoms with E-state index in [1.54, 1.807) is 0 Å². The number of carbonyl (C=O) groups is 1. The predicted molar refractivity (Wildman–Crippen MR) is 130 cm³/mol. The van der Waals surface area contributed by atoms with Crippen molar-refractivity contribution < 1.29 is 36.2 Å². The van der Waals surface area contributed by atoms with Crippen molar-refractivity contribution in [3.05, 3.63) is 75.0 Å². The number of aromatic nitrogens is 1. The van der Waals surface area contributed by atoms with E-state index >= 15 is 0 Å². The van der Waals surface area contributed by atoms with Crippen LogP contribution in [0, 0.1) is 17.5 Å². The van der Waals surface area contributed by atoms with Crippen LogP contribution in [0.15, 0.2) is 40.9 Å². The first-order valence-electron chi connectivity index (χ1n) is 11.0. The van der Waals surface area contributed by atoms with Crippen molar-refractivity contribution in [2.24, 2.45) is 0 Å². The van der Waals surface area contributed by atoms with E-state index in [2.05, 4.69) is 20.9 Å². The number of anilines is 2. The van der Waals surface area contributed by atoms with E-state index in [0.717, 1.165) is 35.1 Å². The van der Waals surface area contributed by atoms with E-state index in [1.807, 2.05) is 0 Å². The molecule has 0 spiro atoms. The molecule has 4 rings (SSSR count). The number of methoxy groups -OCH3 is 2. The number of amides is 2. The molecule has 0 bridgehead atoms. The number of nitrogens with zero attached hydrogens (tertiary/aromatic N) is 3. The third kappa shape index (κ3) is 5.07. The Morgan fingerprint density at radius 2 is 1.65 bits per heavy atom. The van der Waals surface area contributed by atoms with Gasteiger partial charge in [0.1, 0.15) is 23.1 Å². The second-order valence-corrected chi connectivity index (χ2v) is 9.23.